The van der Waals surface area contributed by atoms with Crippen molar-refractivity contribution in [1.29, 1.82) is 0 Å². The van der Waals surface area contributed by atoms with Crippen molar-refractivity contribution < 1.29 is 4.74 Å². The summed E-state index contributed by atoms with van der Waals surface area (Å²) in [5.74, 6) is 0. The van der Waals surface area contributed by atoms with E-state index in [0.29, 0.717) is 0 Å². The van der Waals surface area contributed by atoms with E-state index in [-0.39, 0.29) is 0 Å². The normalized spacial score (nSPS) is 10.5. The van der Waals surface area contributed by atoms with Gasteiger partial charge in [0.15, 0.2) is 0 Å². The summed E-state index contributed by atoms with van der Waals surface area (Å²) in [6, 6.07) is 19.1. The van der Waals surface area contributed by atoms with Gasteiger partial charge in [0.05, 0.1) is 6.61 Å². The lowest BCUT2D eigenvalue weighted by Gasteiger charge is -2.07. The number of hydrogen-bond acceptors (Lipinski definition) is 2. The summed E-state index contributed by atoms with van der Waals surface area (Å²) < 4.78 is 5.01. The van der Waals surface area contributed by atoms with Gasteiger partial charge in [-0.2, -0.15) is 0 Å². The summed E-state index contributed by atoms with van der Waals surface area (Å²) in [6.07, 6.45) is 0. The fraction of sp³-hybridized carbons (Fsp3) is 0.250. The van der Waals surface area contributed by atoms with Crippen molar-refractivity contribution in [2.75, 3.05) is 20.3 Å². The number of rotatable bonds is 6. The highest BCUT2D eigenvalue weighted by atomic mass is 16.5. The van der Waals surface area contributed by atoms with Gasteiger partial charge in [-0.1, -0.05) is 48.5 Å². The first-order valence-electron chi connectivity index (χ1n) is 6.24. The lowest BCUT2D eigenvalue weighted by Crippen LogP contribution is -2.18. The minimum absolute atomic E-state index is 0.748. The highest BCUT2D eigenvalue weighted by Crippen LogP contribution is 2.19. The van der Waals surface area contributed by atoms with Crippen LogP contribution in [0.25, 0.3) is 11.1 Å². The molecule has 0 aliphatic heterocycles. The third kappa shape index (κ3) is 3.69. The molecule has 0 heterocycles. The average Bonchev–Trinajstić information content (AvgIpc) is 2.45. The monoisotopic (exact) mass is 241 g/mol. The second kappa shape index (κ2) is 6.94. The topological polar surface area (TPSA) is 21.3 Å². The Kier molecular flexibility index (Phi) is 4.94. The maximum absolute atomic E-state index is 5.01. The molecular weight excluding hydrogens is 222 g/mol. The molecule has 0 radical (unpaired) electrons. The Hall–Kier alpha value is -1.64. The van der Waals surface area contributed by atoms with Crippen molar-refractivity contribution in [2.24, 2.45) is 0 Å². The maximum Gasteiger partial charge on any atom is 0.0587 e. The summed E-state index contributed by atoms with van der Waals surface area (Å²) in [5.41, 5.74) is 3.82. The summed E-state index contributed by atoms with van der Waals surface area (Å²) in [5, 5.41) is 3.36. The van der Waals surface area contributed by atoms with Crippen molar-refractivity contribution in [3.8, 4) is 11.1 Å². The fourth-order valence-electron chi connectivity index (χ4n) is 1.90. The van der Waals surface area contributed by atoms with Gasteiger partial charge >= 0.3 is 0 Å². The van der Waals surface area contributed by atoms with E-state index in [1.165, 1.54) is 16.7 Å². The summed E-state index contributed by atoms with van der Waals surface area (Å²) in [7, 11) is 1.72. The van der Waals surface area contributed by atoms with E-state index in [4.69, 9.17) is 4.74 Å². The minimum atomic E-state index is 0.748. The van der Waals surface area contributed by atoms with Crippen LogP contribution in [0.2, 0.25) is 0 Å². The Morgan fingerprint density at radius 3 is 2.50 bits per heavy atom. The Labute approximate surface area is 109 Å². The largest absolute Gasteiger partial charge is 0.383 e. The van der Waals surface area contributed by atoms with Gasteiger partial charge in [-0.3, -0.25) is 0 Å². The first-order chi connectivity index (χ1) is 8.90. The zero-order valence-electron chi connectivity index (χ0n) is 10.7. The first kappa shape index (κ1) is 12.8. The Bertz CT molecular complexity index is 468. The van der Waals surface area contributed by atoms with Crippen molar-refractivity contribution in [2.45, 2.75) is 6.54 Å². The van der Waals surface area contributed by atoms with Crippen LogP contribution in [-0.4, -0.2) is 20.3 Å². The second-order valence-corrected chi connectivity index (χ2v) is 4.24. The third-order valence-electron chi connectivity index (χ3n) is 2.85. The lowest BCUT2D eigenvalue weighted by molar-refractivity contribution is 0.199. The van der Waals surface area contributed by atoms with Crippen LogP contribution in [0, 0.1) is 0 Å². The molecule has 0 aliphatic carbocycles. The van der Waals surface area contributed by atoms with E-state index in [9.17, 15) is 0 Å². The van der Waals surface area contributed by atoms with E-state index in [1.807, 2.05) is 6.07 Å². The molecule has 0 aromatic heterocycles. The predicted octanol–water partition coefficient (Wildman–Crippen LogP) is 3.09. The zero-order chi connectivity index (χ0) is 12.6. The zero-order valence-corrected chi connectivity index (χ0v) is 10.7. The summed E-state index contributed by atoms with van der Waals surface area (Å²) in [6.45, 7) is 2.51. The van der Waals surface area contributed by atoms with Crippen LogP contribution in [-0.2, 0) is 11.3 Å². The number of hydrogen-bond donors (Lipinski definition) is 1. The van der Waals surface area contributed by atoms with E-state index in [0.717, 1.165) is 19.7 Å². The van der Waals surface area contributed by atoms with Crippen molar-refractivity contribution in [3.63, 3.8) is 0 Å². The summed E-state index contributed by atoms with van der Waals surface area (Å²) >= 11 is 0. The first-order valence-corrected chi connectivity index (χ1v) is 6.24. The Balaban J connectivity index is 2.02. The van der Waals surface area contributed by atoms with Crippen molar-refractivity contribution in [1.82, 2.24) is 5.32 Å². The third-order valence-corrected chi connectivity index (χ3v) is 2.85. The standard InChI is InChI=1S/C16H19NO/c1-18-11-10-17-13-14-6-5-9-16(12-14)15-7-3-2-4-8-15/h2-9,12,17H,10-11,13H2,1H3. The van der Waals surface area contributed by atoms with Gasteiger partial charge in [0.25, 0.3) is 0 Å². The smallest absolute Gasteiger partial charge is 0.0587 e. The lowest BCUT2D eigenvalue weighted by atomic mass is 10.0. The van der Waals surface area contributed by atoms with Crippen LogP contribution in [0.1, 0.15) is 5.56 Å². The van der Waals surface area contributed by atoms with Gasteiger partial charge in [-0.15, -0.1) is 0 Å². The van der Waals surface area contributed by atoms with E-state index >= 15 is 0 Å². The van der Waals surface area contributed by atoms with Crippen LogP contribution in [0.5, 0.6) is 0 Å². The number of nitrogens with one attached hydrogen (secondary N) is 1. The molecule has 2 nitrogen and oxygen atoms in total. The predicted molar refractivity (Wildman–Crippen MR) is 75.5 cm³/mol. The molecule has 2 heteroatoms. The van der Waals surface area contributed by atoms with Gasteiger partial charge in [-0.05, 0) is 22.8 Å². The Morgan fingerprint density at radius 1 is 0.944 bits per heavy atom. The SMILES string of the molecule is COCCNCc1cccc(-c2ccccc2)c1. The number of ether oxygens (including phenoxy) is 1. The molecule has 2 rings (SSSR count). The van der Waals surface area contributed by atoms with Gasteiger partial charge in [0.2, 0.25) is 0 Å². The van der Waals surface area contributed by atoms with Gasteiger partial charge in [-0.25, -0.2) is 0 Å². The molecule has 18 heavy (non-hydrogen) atoms. The molecule has 0 amide bonds. The Morgan fingerprint density at radius 2 is 1.72 bits per heavy atom. The van der Waals surface area contributed by atoms with Crippen molar-refractivity contribution >= 4 is 0 Å². The highest BCUT2D eigenvalue weighted by Gasteiger charge is 1.98. The highest BCUT2D eigenvalue weighted by molar-refractivity contribution is 5.63. The van der Waals surface area contributed by atoms with Crippen LogP contribution < -0.4 is 5.32 Å². The molecule has 94 valence electrons. The maximum atomic E-state index is 5.01. The average molecular weight is 241 g/mol. The van der Waals surface area contributed by atoms with Crippen LogP contribution in [0.4, 0.5) is 0 Å². The molecule has 0 saturated carbocycles. The second-order valence-electron chi connectivity index (χ2n) is 4.24. The summed E-state index contributed by atoms with van der Waals surface area (Å²) in [4.78, 5) is 0. The molecule has 0 spiro atoms. The van der Waals surface area contributed by atoms with Gasteiger partial charge in [0.1, 0.15) is 0 Å². The molecule has 0 bridgehead atoms. The van der Waals surface area contributed by atoms with Crippen LogP contribution >= 0.6 is 0 Å². The van der Waals surface area contributed by atoms with Crippen LogP contribution in [0.15, 0.2) is 54.6 Å². The van der Waals surface area contributed by atoms with Gasteiger partial charge < -0.3 is 10.1 Å². The molecule has 2 aromatic carbocycles. The van der Waals surface area contributed by atoms with Crippen molar-refractivity contribution in [3.05, 3.63) is 60.2 Å². The van der Waals surface area contributed by atoms with Gasteiger partial charge in [0, 0.05) is 20.2 Å². The minimum Gasteiger partial charge on any atom is -0.383 e. The fourth-order valence-corrected chi connectivity index (χ4v) is 1.90. The van der Waals surface area contributed by atoms with E-state index < -0.39 is 0 Å². The molecule has 0 saturated heterocycles. The number of methoxy groups -OCH3 is 1. The quantitative estimate of drug-likeness (QED) is 0.785. The molecule has 0 atom stereocenters. The molecular formula is C16H19NO. The molecule has 0 unspecified atom stereocenters. The molecule has 2 aromatic rings. The van der Waals surface area contributed by atoms with Crippen LogP contribution in [0.3, 0.4) is 0 Å². The molecule has 1 N–H and O–H groups in total. The van der Waals surface area contributed by atoms with E-state index in [1.54, 1.807) is 7.11 Å². The molecule has 0 fully saturated rings. The number of benzene rings is 2. The molecule has 0 aliphatic rings. The van der Waals surface area contributed by atoms with E-state index in [2.05, 4.69) is 53.8 Å².